The maximum absolute atomic E-state index is 14.0. The number of aliphatic hydroxyl groups excluding tert-OH is 2. The molecule has 11 heteroatoms. The number of amides is 1. The van der Waals surface area contributed by atoms with Crippen LogP contribution in [-0.2, 0) is 20.8 Å². The number of benzene rings is 1. The molecule has 3 aliphatic carbocycles. The Kier molecular flexibility index (Phi) is 5.93. The van der Waals surface area contributed by atoms with E-state index in [1.165, 1.54) is 16.2 Å². The first-order valence-corrected chi connectivity index (χ1v) is 13.0. The Morgan fingerprint density at radius 3 is 2.39 bits per heavy atom. The van der Waals surface area contributed by atoms with E-state index in [1.54, 1.807) is 14.1 Å². The molecular weight excluding hydrogens is 510 g/mol. The molecule has 4 atom stereocenters. The lowest BCUT2D eigenvalue weighted by atomic mass is 9.57. The zero-order valence-corrected chi connectivity index (χ0v) is 22.2. The lowest BCUT2D eigenvalue weighted by molar-refractivity contribution is -0.153. The summed E-state index contributed by atoms with van der Waals surface area (Å²) in [5.74, 6) is -6.60. The van der Waals surface area contributed by atoms with Gasteiger partial charge < -0.3 is 31.1 Å². The number of hydrogen-bond acceptors (Lipinski definition) is 10. The number of fused-ring (bicyclic) bond motifs is 3. The van der Waals surface area contributed by atoms with Gasteiger partial charge in [0, 0.05) is 36.8 Å². The van der Waals surface area contributed by atoms with Crippen molar-refractivity contribution in [3.8, 4) is 16.9 Å². The summed E-state index contributed by atoms with van der Waals surface area (Å²) in [5, 5.41) is 49.3. The topological polar surface area (TPSA) is 165 Å². The molecule has 200 valence electrons. The SMILES string of the molecule is CN(C)c1cc(-c2ccsc2)c(O)c2c1CC1CC3C(N(C)C)C(=O)C(C(N)=O)=C(O)C3(O)C(=O)C1=C2O. The van der Waals surface area contributed by atoms with E-state index in [9.17, 15) is 34.8 Å². The Morgan fingerprint density at radius 1 is 1.16 bits per heavy atom. The van der Waals surface area contributed by atoms with Gasteiger partial charge in [0.25, 0.3) is 5.91 Å². The number of rotatable bonds is 4. The van der Waals surface area contributed by atoms with Crippen LogP contribution in [-0.4, -0.2) is 82.6 Å². The number of hydrogen-bond donors (Lipinski definition) is 5. The van der Waals surface area contributed by atoms with Crippen LogP contribution in [0.25, 0.3) is 16.9 Å². The molecule has 4 unspecified atom stereocenters. The fraction of sp³-hybridized carbons (Fsp3) is 0.370. The van der Waals surface area contributed by atoms with Crippen molar-refractivity contribution in [3.63, 3.8) is 0 Å². The second kappa shape index (κ2) is 8.69. The van der Waals surface area contributed by atoms with E-state index in [2.05, 4.69) is 0 Å². The number of phenols is 1. The number of primary amides is 1. The van der Waals surface area contributed by atoms with Crippen molar-refractivity contribution in [1.29, 1.82) is 0 Å². The third kappa shape index (κ3) is 3.35. The highest BCUT2D eigenvalue weighted by atomic mass is 32.1. The fourth-order valence-electron chi connectivity index (χ4n) is 6.33. The summed E-state index contributed by atoms with van der Waals surface area (Å²) in [4.78, 5) is 42.7. The predicted molar refractivity (Wildman–Crippen MR) is 142 cm³/mol. The van der Waals surface area contributed by atoms with Gasteiger partial charge in [-0.05, 0) is 66.9 Å². The van der Waals surface area contributed by atoms with Crippen LogP contribution in [0.15, 0.2) is 39.8 Å². The van der Waals surface area contributed by atoms with E-state index in [0.29, 0.717) is 11.1 Å². The van der Waals surface area contributed by atoms with Crippen molar-refractivity contribution in [1.82, 2.24) is 4.90 Å². The molecule has 3 aliphatic rings. The van der Waals surface area contributed by atoms with Gasteiger partial charge in [-0.25, -0.2) is 0 Å². The van der Waals surface area contributed by atoms with Gasteiger partial charge in [0.05, 0.1) is 11.6 Å². The minimum atomic E-state index is -2.66. The average molecular weight is 540 g/mol. The van der Waals surface area contributed by atoms with E-state index in [-0.39, 0.29) is 29.7 Å². The number of thiophene rings is 1. The maximum atomic E-state index is 14.0. The van der Waals surface area contributed by atoms with Gasteiger partial charge in [-0.3, -0.25) is 19.3 Å². The Bertz CT molecular complexity index is 1460. The molecule has 6 N–H and O–H groups in total. The van der Waals surface area contributed by atoms with Crippen LogP contribution in [0.5, 0.6) is 5.75 Å². The number of phenolic OH excluding ortho intramolecular Hbond substituents is 1. The number of nitrogens with zero attached hydrogens (tertiary/aromatic N) is 2. The van der Waals surface area contributed by atoms with Crippen LogP contribution in [0.2, 0.25) is 0 Å². The van der Waals surface area contributed by atoms with Crippen molar-refractivity contribution in [3.05, 3.63) is 50.9 Å². The van der Waals surface area contributed by atoms with Gasteiger partial charge in [0.2, 0.25) is 5.78 Å². The number of anilines is 1. The zero-order valence-electron chi connectivity index (χ0n) is 21.3. The Morgan fingerprint density at radius 2 is 1.84 bits per heavy atom. The van der Waals surface area contributed by atoms with E-state index >= 15 is 0 Å². The molecule has 1 aromatic carbocycles. The minimum Gasteiger partial charge on any atom is -0.508 e. The normalized spacial score (nSPS) is 26.8. The molecule has 0 saturated heterocycles. The van der Waals surface area contributed by atoms with Crippen LogP contribution in [0.1, 0.15) is 17.5 Å². The molecule has 5 rings (SSSR count). The van der Waals surface area contributed by atoms with Gasteiger partial charge in [0.15, 0.2) is 11.4 Å². The highest BCUT2D eigenvalue weighted by Gasteiger charge is 2.64. The molecule has 0 spiro atoms. The number of ketones is 2. The molecule has 1 fully saturated rings. The van der Waals surface area contributed by atoms with Crippen LogP contribution in [0.4, 0.5) is 5.69 Å². The zero-order chi connectivity index (χ0) is 27.8. The summed E-state index contributed by atoms with van der Waals surface area (Å²) in [6.07, 6.45) is 0.283. The number of aliphatic hydroxyl groups is 3. The lowest BCUT2D eigenvalue weighted by Crippen LogP contribution is -2.65. The summed E-state index contributed by atoms with van der Waals surface area (Å²) in [6.45, 7) is 0. The van der Waals surface area contributed by atoms with Gasteiger partial charge >= 0.3 is 0 Å². The number of nitrogens with two attached hydrogens (primary N) is 1. The Balaban J connectivity index is 1.78. The van der Waals surface area contributed by atoms with Crippen LogP contribution in [0.3, 0.4) is 0 Å². The third-order valence-electron chi connectivity index (χ3n) is 8.01. The quantitative estimate of drug-likeness (QED) is 0.364. The molecular formula is C27H29N3O7S. The molecule has 1 amide bonds. The molecule has 0 radical (unpaired) electrons. The highest BCUT2D eigenvalue weighted by Crippen LogP contribution is 2.54. The maximum Gasteiger partial charge on any atom is 0.255 e. The largest absolute Gasteiger partial charge is 0.508 e. The molecule has 2 aromatic rings. The van der Waals surface area contributed by atoms with Crippen molar-refractivity contribution in [2.45, 2.75) is 24.5 Å². The average Bonchev–Trinajstić information content (AvgIpc) is 3.35. The summed E-state index contributed by atoms with van der Waals surface area (Å²) in [7, 11) is 6.81. The second-order valence-corrected chi connectivity index (χ2v) is 11.3. The fourth-order valence-corrected chi connectivity index (χ4v) is 6.98. The summed E-state index contributed by atoms with van der Waals surface area (Å²) in [5.41, 5.74) is 4.35. The summed E-state index contributed by atoms with van der Waals surface area (Å²) in [6, 6.07) is 2.54. The molecule has 1 saturated carbocycles. The number of Topliss-reactive ketones (excluding diaryl/α,β-unsaturated/α-hetero) is 2. The smallest absolute Gasteiger partial charge is 0.255 e. The second-order valence-electron chi connectivity index (χ2n) is 10.5. The van der Waals surface area contributed by atoms with E-state index in [1.807, 2.05) is 41.9 Å². The van der Waals surface area contributed by atoms with E-state index < -0.39 is 58.0 Å². The Labute approximate surface area is 222 Å². The molecule has 1 heterocycles. The van der Waals surface area contributed by atoms with Gasteiger partial charge in [-0.1, -0.05) is 0 Å². The number of likely N-dealkylation sites (N-methyl/N-ethyl adjacent to an activating group) is 1. The van der Waals surface area contributed by atoms with Gasteiger partial charge in [-0.15, -0.1) is 0 Å². The predicted octanol–water partition coefficient (Wildman–Crippen LogP) is 1.76. The number of carbonyl (C=O) groups is 3. The molecule has 0 bridgehead atoms. The van der Waals surface area contributed by atoms with E-state index in [0.717, 1.165) is 11.3 Å². The standard InChI is InChI=1S/C27H29N3O7S/c1-29(2)16-9-13(11-5-6-38-10-11)21(31)18-14(16)7-12-8-15-20(30(3)4)23(33)19(26(28)36)25(35)27(15,37)24(34)17(12)22(18)32/h5-6,9-10,12,15,20,31-32,35,37H,7-8H2,1-4H3,(H2,28,36). The molecule has 38 heavy (non-hydrogen) atoms. The lowest BCUT2D eigenvalue weighted by Gasteiger charge is -2.50. The van der Waals surface area contributed by atoms with E-state index in [4.69, 9.17) is 5.73 Å². The van der Waals surface area contributed by atoms with Crippen LogP contribution >= 0.6 is 11.3 Å². The van der Waals surface area contributed by atoms with Crippen molar-refractivity contribution in [2.24, 2.45) is 17.6 Å². The number of aromatic hydroxyl groups is 1. The van der Waals surface area contributed by atoms with Crippen molar-refractivity contribution >= 4 is 40.3 Å². The highest BCUT2D eigenvalue weighted by molar-refractivity contribution is 7.08. The molecule has 10 nitrogen and oxygen atoms in total. The van der Waals surface area contributed by atoms with Crippen LogP contribution in [0, 0.1) is 11.8 Å². The first kappa shape index (κ1) is 26.0. The monoisotopic (exact) mass is 539 g/mol. The number of carbonyl (C=O) groups excluding carboxylic acids is 3. The summed E-state index contributed by atoms with van der Waals surface area (Å²) < 4.78 is 0. The first-order chi connectivity index (χ1) is 17.8. The molecule has 1 aromatic heterocycles. The minimum absolute atomic E-state index is 0.0473. The first-order valence-electron chi connectivity index (χ1n) is 12.1. The molecule has 0 aliphatic heterocycles. The van der Waals surface area contributed by atoms with Crippen molar-refractivity contribution < 1.29 is 34.8 Å². The third-order valence-corrected chi connectivity index (χ3v) is 8.69. The van der Waals surface area contributed by atoms with Crippen LogP contribution < -0.4 is 10.6 Å². The summed E-state index contributed by atoms with van der Waals surface area (Å²) >= 11 is 1.44. The Hall–Kier alpha value is -3.67. The van der Waals surface area contributed by atoms with Gasteiger partial charge in [-0.2, -0.15) is 11.3 Å². The van der Waals surface area contributed by atoms with Crippen molar-refractivity contribution in [2.75, 3.05) is 33.1 Å². The van der Waals surface area contributed by atoms with Gasteiger partial charge in [0.1, 0.15) is 22.8 Å².